The van der Waals surface area contributed by atoms with Crippen LogP contribution in [0.2, 0.25) is 5.02 Å². The third-order valence-electron chi connectivity index (χ3n) is 20.7. The largest absolute Gasteiger partial charge is 0.498 e. The lowest BCUT2D eigenvalue weighted by Gasteiger charge is -2.32. The Kier molecular flexibility index (Phi) is 46.4. The molecule has 0 spiro atoms. The van der Waals surface area contributed by atoms with E-state index in [1.54, 1.807) is 133 Å². The van der Waals surface area contributed by atoms with Crippen LogP contribution in [0.3, 0.4) is 0 Å². The Bertz CT molecular complexity index is 6050. The minimum Gasteiger partial charge on any atom is -0.480 e. The number of amides is 4. The monoisotopic (exact) mass is 2160 g/mol. The zero-order valence-corrected chi connectivity index (χ0v) is 87.8. The first-order valence-corrected chi connectivity index (χ1v) is 50.4. The molecule has 4 amide bonds. The molecular weight excluding hydrogens is 2060 g/mol. The molecule has 5 fully saturated rings. The summed E-state index contributed by atoms with van der Waals surface area (Å²) in [5.41, 5.74) is 21.6. The van der Waals surface area contributed by atoms with Gasteiger partial charge in [0.1, 0.15) is 37.0 Å². The summed E-state index contributed by atoms with van der Waals surface area (Å²) in [6, 6.07) is 27.1. The number of carbonyl (C=O) groups excluding carboxylic acids is 6. The SMILES string of the molecule is CC(C)(C)OC(=O)Cn1nc(C(N)=O)c2cc(-c3cnc(N4CCCC4)nc3)ccc21.CC(C)(C)OC(=O)Cn1nc(C(N)=O)c2cc(Br)ccc21.CC1(C)OB(c2cnc(N3CCCC3)nc2)OC1(C)C.CF.Cl.NC(=O)c1nn(CC(=O)O)c2ccc(-c3cnc(N4CCCC4)nc3)cc12.O=C(Nc1cccc(-c2ccccc2Cl)c1F)[C@@H]1C[C@@H](F)CN1.S.S=S.S=S=S.S=S=S=S.[2H]C. The molecule has 5 saturated heterocycles. The number of alkyl halides is 2. The third kappa shape index (κ3) is 32.9. The Balaban J connectivity index is 0.000000294. The molecule has 0 bridgehead atoms. The van der Waals surface area contributed by atoms with Gasteiger partial charge in [-0.25, -0.2) is 38.7 Å². The van der Waals surface area contributed by atoms with Crippen LogP contribution in [0.25, 0.3) is 66.1 Å². The van der Waals surface area contributed by atoms with Gasteiger partial charge in [-0.2, -0.15) is 28.8 Å². The summed E-state index contributed by atoms with van der Waals surface area (Å²) in [7, 11) is 4.63. The Morgan fingerprint density at radius 2 is 0.949 bits per heavy atom. The van der Waals surface area contributed by atoms with Gasteiger partial charge in [-0.15, -0.1) is 12.4 Å². The molecule has 6 aromatic heterocycles. The highest BCUT2D eigenvalue weighted by Crippen LogP contribution is 2.38. The van der Waals surface area contributed by atoms with Crippen molar-refractivity contribution >= 4 is 258 Å². The minimum absolute atomic E-state index is 0. The van der Waals surface area contributed by atoms with E-state index in [1.807, 2.05) is 64.4 Å². The second kappa shape index (κ2) is 54.8. The lowest BCUT2D eigenvalue weighted by atomic mass is 9.81. The molecule has 16 rings (SSSR count). The average molecular weight is 2170 g/mol. The maximum atomic E-state index is 14.7. The molecule has 732 valence electrons. The van der Waals surface area contributed by atoms with Crippen LogP contribution in [0.15, 0.2) is 139 Å². The number of carboxylic acids is 1. The van der Waals surface area contributed by atoms with Gasteiger partial charge in [0.25, 0.3) is 17.7 Å². The number of halogens is 6. The molecule has 0 radical (unpaired) electrons. The highest BCUT2D eigenvalue weighted by Gasteiger charge is 2.52. The van der Waals surface area contributed by atoms with Gasteiger partial charge >= 0.3 is 25.0 Å². The van der Waals surface area contributed by atoms with Crippen molar-refractivity contribution in [2.45, 2.75) is 176 Å². The fourth-order valence-corrected chi connectivity index (χ4v) is 14.7. The van der Waals surface area contributed by atoms with Crippen molar-refractivity contribution in [3.63, 3.8) is 0 Å². The Labute approximate surface area is 852 Å². The number of esters is 2. The standard InChI is InChI=1S/C22H26N6O3.C18H18N6O3.C17H15ClF2N2O.C14H22BN3O2.C14H16BrN3O3.CH3F.CH4.ClH.S4.S3.S2.H2S/c1-22(2,3)31-18(29)13-28-17-7-6-14(10-16(17)19(26-28)20(23)30)15-11-24-21(25-12-15)27-8-4-5-9-27;19-17(27)16-13-7-11(3-4-14(13)24(22-16)10-15(25)26)12-8-20-18(21-9-12)23-5-1-2-6-23;18-13-6-2-1-4-11(13)12-5-3-7-14(16(12)20)22-17(23)15-8-10(19)9-21-15;1-13(2)14(3,4)20-15(19-13)11-9-16-12(17-10-11)18-7-5-6-8-18;1-14(2,3)21-11(19)7-18-10-5-4-8(15)6-9(10)12(17-18)13(16)20;1-2;;;1-3-4-2;1-3-2;1-2;/h6-7,10-12H,4-5,8-9,13H2,1-3H3,(H2,23,30);3-4,7-9H,1-2,5-6,10H2,(H2,19,27)(H,25,26);1-7,10,15,21H,8-9H2,(H,22,23);9-10H,5-8H2,1-4H3;4-6H,7H2,1-3H3,(H2,16,20);1H3;1H4;1H;;;;1H2/t;;10-,15+;;;;;;;;;/m..1........./s1/i;;;;;;1D;;;;;. The Hall–Kier alpha value is -9.44. The maximum Gasteiger partial charge on any atom is 0.498 e. The molecule has 11 aromatic rings. The van der Waals surface area contributed by atoms with E-state index in [0.717, 1.165) is 118 Å². The normalized spacial score (nSPS) is 15.2. The first-order chi connectivity index (χ1) is 64.2. The average Bonchev–Trinajstić information content (AvgIpc) is 1.63. The first kappa shape index (κ1) is 115. The minimum atomic E-state index is -1.05. The lowest BCUT2D eigenvalue weighted by molar-refractivity contribution is -0.156. The van der Waals surface area contributed by atoms with Crippen LogP contribution in [-0.2, 0) is 151 Å². The summed E-state index contributed by atoms with van der Waals surface area (Å²) in [5.74, 6) is -2.69. The van der Waals surface area contributed by atoms with Crippen molar-refractivity contribution in [1.82, 2.24) is 64.6 Å². The number of nitrogens with one attached hydrogen (secondary N) is 2. The van der Waals surface area contributed by atoms with Gasteiger partial charge in [0.15, 0.2) is 22.9 Å². The van der Waals surface area contributed by atoms with Gasteiger partial charge in [0, 0.05) is 238 Å². The lowest BCUT2D eigenvalue weighted by Crippen LogP contribution is -2.41. The van der Waals surface area contributed by atoms with Gasteiger partial charge in [-0.3, -0.25) is 52.0 Å². The van der Waals surface area contributed by atoms with E-state index < -0.39 is 70.8 Å². The highest BCUT2D eigenvalue weighted by atomic mass is 79.9. The van der Waals surface area contributed by atoms with E-state index in [4.69, 9.17) is 54.1 Å². The Morgan fingerprint density at radius 1 is 0.588 bits per heavy atom. The molecule has 5 aromatic carbocycles. The number of fused-ring (bicyclic) bond motifs is 3. The van der Waals surface area contributed by atoms with Crippen LogP contribution in [0.4, 0.5) is 36.7 Å². The Morgan fingerprint density at radius 3 is 1.30 bits per heavy atom. The fourth-order valence-electron chi connectivity index (χ4n) is 14.1. The van der Waals surface area contributed by atoms with Gasteiger partial charge in [0.05, 0.1) is 46.7 Å². The van der Waals surface area contributed by atoms with Crippen LogP contribution < -0.4 is 48.0 Å². The van der Waals surface area contributed by atoms with Crippen LogP contribution in [0, 0.1) is 5.82 Å². The predicted octanol–water partition coefficient (Wildman–Crippen LogP) is 12.9. The summed E-state index contributed by atoms with van der Waals surface area (Å²) in [6.45, 7) is 24.5. The highest BCUT2D eigenvalue weighted by molar-refractivity contribution is 9.10. The number of aromatic nitrogens is 12. The van der Waals surface area contributed by atoms with Crippen molar-refractivity contribution in [1.29, 1.82) is 0 Å². The van der Waals surface area contributed by atoms with E-state index in [2.05, 4.69) is 154 Å². The first-order valence-electron chi connectivity index (χ1n) is 42.2. The quantitative estimate of drug-likeness (QED) is 0.0343. The molecule has 9 N–H and O–H groups in total. The summed E-state index contributed by atoms with van der Waals surface area (Å²) in [4.78, 5) is 116. The number of rotatable bonds is 18. The van der Waals surface area contributed by atoms with Crippen LogP contribution in [0.1, 0.15) is 154 Å². The van der Waals surface area contributed by atoms with Crippen LogP contribution in [-0.4, -0.2) is 201 Å². The molecule has 136 heavy (non-hydrogen) atoms. The number of carboxylic acid groups (broad SMARTS) is 1. The third-order valence-corrected chi connectivity index (χ3v) is 23.8. The smallest absolute Gasteiger partial charge is 0.480 e. The molecule has 0 unspecified atom stereocenters. The number of primary amides is 3. The van der Waals surface area contributed by atoms with Crippen LogP contribution >= 0.6 is 53.4 Å². The van der Waals surface area contributed by atoms with E-state index in [9.17, 15) is 46.7 Å². The van der Waals surface area contributed by atoms with E-state index >= 15 is 0 Å². The molecule has 11 heterocycles. The summed E-state index contributed by atoms with van der Waals surface area (Å²) in [6.07, 6.45) is 16.8. The number of nitrogens with two attached hydrogens (primary N) is 3. The fraction of sp³-hybridized carbons (Fsp3) is 0.402. The predicted molar refractivity (Wildman–Crippen MR) is 560 cm³/mol. The molecule has 32 nitrogen and oxygen atoms in total. The zero-order valence-electron chi connectivity index (χ0n) is 77.3. The number of hydrogen-bond acceptors (Lipinski definition) is 30. The summed E-state index contributed by atoms with van der Waals surface area (Å²) < 4.78 is 70.7. The summed E-state index contributed by atoms with van der Waals surface area (Å²) >= 11 is 33.7. The number of hydrogen-bond donors (Lipinski definition) is 6. The van der Waals surface area contributed by atoms with Gasteiger partial charge in [-0.05, 0) is 173 Å². The molecule has 49 heteroatoms. The van der Waals surface area contributed by atoms with Gasteiger partial charge in [-0.1, -0.05) is 77.4 Å². The number of nitrogens with zero attached hydrogens (tertiary/aromatic N) is 15. The second-order valence-corrected chi connectivity index (χ2v) is 39.6. The number of carbonyl (C=O) groups is 7. The van der Waals surface area contributed by atoms with E-state index in [-0.39, 0.29) is 99.6 Å². The maximum absolute atomic E-state index is 14.7. The van der Waals surface area contributed by atoms with Crippen molar-refractivity contribution in [2.75, 3.05) is 73.0 Å². The van der Waals surface area contributed by atoms with Crippen molar-refractivity contribution in [3.8, 4) is 33.4 Å². The topological polar surface area (TPSA) is 419 Å². The van der Waals surface area contributed by atoms with E-state index in [0.29, 0.717) is 62.0 Å². The van der Waals surface area contributed by atoms with Crippen molar-refractivity contribution in [2.24, 2.45) is 17.2 Å². The van der Waals surface area contributed by atoms with Gasteiger partial charge in [0.2, 0.25) is 23.8 Å². The molecule has 2 atom stereocenters. The van der Waals surface area contributed by atoms with Gasteiger partial charge < -0.3 is 66.4 Å². The number of aliphatic carboxylic acids is 1. The molecule has 5 aliphatic heterocycles. The number of anilines is 4. The molecule has 5 aliphatic rings. The molecule has 0 saturated carbocycles. The second-order valence-electron chi connectivity index (χ2n) is 33.0. The van der Waals surface area contributed by atoms with E-state index in [1.165, 1.54) is 58.1 Å². The van der Waals surface area contributed by atoms with Crippen molar-refractivity contribution < 1.29 is 72.0 Å². The number of ether oxygens (including phenoxy) is 2. The molecule has 0 aliphatic carbocycles. The molecular formula is C87H107BBrCl2F3N20O12S10. The summed E-state index contributed by atoms with van der Waals surface area (Å²) in [5, 5.41) is 28.8. The van der Waals surface area contributed by atoms with Crippen molar-refractivity contribution in [3.05, 3.63) is 167 Å². The zero-order chi connectivity index (χ0) is 99.8. The number of benzene rings is 5. The van der Waals surface area contributed by atoms with Crippen LogP contribution in [0.5, 0.6) is 0 Å².